The topological polar surface area (TPSA) is 0 Å². The van der Waals surface area contributed by atoms with Gasteiger partial charge in [0.1, 0.15) is 0 Å². The maximum atomic E-state index is 2.49. The molecule has 4 aliphatic rings. The molecule has 0 aliphatic heterocycles. The van der Waals surface area contributed by atoms with Gasteiger partial charge in [0.25, 0.3) is 0 Å². The number of hydrogen-bond donors (Lipinski definition) is 0. The average molecular weight is 1010 g/mol. The normalized spacial score (nSPS) is 15.1. The first kappa shape index (κ1) is 47.6. The van der Waals surface area contributed by atoms with Crippen LogP contribution in [0, 0.1) is 12.3 Å². The summed E-state index contributed by atoms with van der Waals surface area (Å²) in [6.45, 7) is 19.0. The average Bonchev–Trinajstić information content (AvgIpc) is 4.09. The van der Waals surface area contributed by atoms with Gasteiger partial charge in [-0.05, 0) is 216 Å². The number of benzene rings is 11. The van der Waals surface area contributed by atoms with Crippen molar-refractivity contribution in [2.75, 3.05) is 0 Å². The van der Waals surface area contributed by atoms with Crippen molar-refractivity contribution in [2.24, 2.45) is 5.41 Å². The SMILES string of the molecule is Cc1cc(-c2ccc3c(c2)C(C)(C)c2cc(-c4ccc5c(c4)C(C)(C)c4cc(-c6ccc(-c7ccc(-c8ccc9ccccc9c8)cc7)cc6)ccc4-5)ccc2-3)ccc1-c1ccc2c3c4c(ccc13)C=C(C(C)(C)C)CC4=CC2. The van der Waals surface area contributed by atoms with Crippen molar-refractivity contribution in [3.8, 4) is 89.0 Å². The summed E-state index contributed by atoms with van der Waals surface area (Å²) in [4.78, 5) is 0. The fourth-order valence-electron chi connectivity index (χ4n) is 14.2. The molecule has 4 aliphatic carbocycles. The highest BCUT2D eigenvalue weighted by molar-refractivity contribution is 6.09. The Morgan fingerprint density at radius 3 is 1.30 bits per heavy atom. The summed E-state index contributed by atoms with van der Waals surface area (Å²) >= 11 is 0. The Balaban J connectivity index is 0.677. The zero-order valence-corrected chi connectivity index (χ0v) is 46.7. The largest absolute Gasteiger partial charge is 0.0759 e. The third kappa shape index (κ3) is 7.48. The summed E-state index contributed by atoms with van der Waals surface area (Å²) in [6.07, 6.45) is 7.02. The third-order valence-electron chi connectivity index (χ3n) is 18.9. The molecule has 0 aromatic heterocycles. The third-order valence-corrected chi connectivity index (χ3v) is 18.9. The minimum absolute atomic E-state index is 0.149. The van der Waals surface area contributed by atoms with E-state index in [2.05, 4.69) is 274 Å². The van der Waals surface area contributed by atoms with Crippen molar-refractivity contribution in [3.05, 3.63) is 262 Å². The second kappa shape index (κ2) is 17.2. The second-order valence-electron chi connectivity index (χ2n) is 25.3. The van der Waals surface area contributed by atoms with E-state index in [4.69, 9.17) is 0 Å². The number of fused-ring (bicyclic) bond motifs is 7. The van der Waals surface area contributed by atoms with Gasteiger partial charge in [0, 0.05) is 10.8 Å². The summed E-state index contributed by atoms with van der Waals surface area (Å²) in [6, 6.07) is 78.8. The van der Waals surface area contributed by atoms with E-state index >= 15 is 0 Å². The van der Waals surface area contributed by atoms with E-state index in [1.165, 1.54) is 166 Å². The summed E-state index contributed by atoms with van der Waals surface area (Å²) < 4.78 is 0. The van der Waals surface area contributed by atoms with E-state index in [-0.39, 0.29) is 16.2 Å². The molecule has 0 amide bonds. The Morgan fingerprint density at radius 1 is 0.380 bits per heavy atom. The molecular weight excluding hydrogens is 949 g/mol. The molecular formula is C79H64. The predicted octanol–water partition coefficient (Wildman–Crippen LogP) is 21.7. The molecule has 79 heavy (non-hydrogen) atoms. The summed E-state index contributed by atoms with van der Waals surface area (Å²) in [7, 11) is 0. The number of aryl methyl sites for hydroxylation is 1. The molecule has 0 fully saturated rings. The zero-order valence-electron chi connectivity index (χ0n) is 46.7. The molecule has 0 spiro atoms. The first-order valence-electron chi connectivity index (χ1n) is 28.6. The van der Waals surface area contributed by atoms with Crippen LogP contribution in [0.5, 0.6) is 0 Å². The number of allylic oxidation sites excluding steroid dienone is 3. The molecule has 0 nitrogen and oxygen atoms in total. The molecule has 380 valence electrons. The molecule has 11 aromatic rings. The highest BCUT2D eigenvalue weighted by atomic mass is 14.4. The summed E-state index contributed by atoms with van der Waals surface area (Å²) in [5, 5.41) is 5.37. The lowest BCUT2D eigenvalue weighted by molar-refractivity contribution is 0.498. The van der Waals surface area contributed by atoms with Gasteiger partial charge in [-0.1, -0.05) is 242 Å². The van der Waals surface area contributed by atoms with E-state index < -0.39 is 0 Å². The summed E-state index contributed by atoms with van der Waals surface area (Å²) in [5.74, 6) is 0. The number of rotatable bonds is 6. The minimum atomic E-state index is -0.156. The van der Waals surface area contributed by atoms with Crippen LogP contribution in [0.1, 0.15) is 99.4 Å². The molecule has 0 N–H and O–H groups in total. The van der Waals surface area contributed by atoms with Crippen molar-refractivity contribution < 1.29 is 0 Å². The Morgan fingerprint density at radius 2 is 0.797 bits per heavy atom. The highest BCUT2D eigenvalue weighted by Crippen LogP contribution is 2.54. The van der Waals surface area contributed by atoms with E-state index in [9.17, 15) is 0 Å². The van der Waals surface area contributed by atoms with Gasteiger partial charge in [0.15, 0.2) is 0 Å². The molecule has 0 radical (unpaired) electrons. The van der Waals surface area contributed by atoms with Crippen LogP contribution in [0.2, 0.25) is 0 Å². The van der Waals surface area contributed by atoms with Crippen molar-refractivity contribution in [3.63, 3.8) is 0 Å². The van der Waals surface area contributed by atoms with Crippen LogP contribution < -0.4 is 0 Å². The van der Waals surface area contributed by atoms with Crippen LogP contribution >= 0.6 is 0 Å². The monoisotopic (exact) mass is 1010 g/mol. The van der Waals surface area contributed by atoms with Crippen LogP contribution in [0.25, 0.3) is 122 Å². The van der Waals surface area contributed by atoms with E-state index in [0.717, 1.165) is 12.8 Å². The van der Waals surface area contributed by atoms with E-state index in [1.54, 1.807) is 0 Å². The standard InChI is InChI=1S/C79H64/c1-47-39-55(26-32-64(47)65-33-25-53-22-24-61-41-63(77(2,3)4)42-62-31-38-70(65)76(53)75(61)62)58-28-35-67-69-37-30-60(46-74(69)79(7,8)72(67)44-58)59-29-36-68-66-34-27-57(43-71(66)78(5,6)73(68)45-59)52-19-15-50(16-20-52)49-13-17-51(18-14-49)56-23-21-48-11-9-10-12-54(48)40-56/h9-21,23-40,42-46H,22,41H2,1-8H3. The lowest BCUT2D eigenvalue weighted by Crippen LogP contribution is -2.15. The molecule has 0 bridgehead atoms. The Hall–Kier alpha value is -8.58. The smallest absolute Gasteiger partial charge is 0.0159 e. The van der Waals surface area contributed by atoms with Crippen molar-refractivity contribution in [2.45, 2.75) is 79.1 Å². The quantitative estimate of drug-likeness (QED) is 0.156. The Bertz CT molecular complexity index is 4480. The molecule has 0 heteroatoms. The van der Waals surface area contributed by atoms with E-state index in [0.29, 0.717) is 0 Å². The van der Waals surface area contributed by atoms with Crippen LogP contribution in [0.4, 0.5) is 0 Å². The van der Waals surface area contributed by atoms with Gasteiger partial charge in [-0.2, -0.15) is 0 Å². The van der Waals surface area contributed by atoms with Gasteiger partial charge in [-0.25, -0.2) is 0 Å². The van der Waals surface area contributed by atoms with Crippen molar-refractivity contribution >= 4 is 33.2 Å². The van der Waals surface area contributed by atoms with Gasteiger partial charge >= 0.3 is 0 Å². The first-order valence-corrected chi connectivity index (χ1v) is 28.6. The molecule has 0 saturated carbocycles. The van der Waals surface area contributed by atoms with Crippen molar-refractivity contribution in [1.29, 1.82) is 0 Å². The maximum absolute atomic E-state index is 2.49. The highest BCUT2D eigenvalue weighted by Gasteiger charge is 2.38. The predicted molar refractivity (Wildman–Crippen MR) is 338 cm³/mol. The maximum Gasteiger partial charge on any atom is 0.0159 e. The van der Waals surface area contributed by atoms with Crippen LogP contribution in [0.15, 0.2) is 218 Å². The minimum Gasteiger partial charge on any atom is -0.0759 e. The van der Waals surface area contributed by atoms with Gasteiger partial charge in [-0.3, -0.25) is 0 Å². The number of hydrogen-bond acceptors (Lipinski definition) is 0. The summed E-state index contributed by atoms with van der Waals surface area (Å²) in [5.41, 5.74) is 34.6. The lowest BCUT2D eigenvalue weighted by atomic mass is 9.72. The lowest BCUT2D eigenvalue weighted by Gasteiger charge is -2.32. The van der Waals surface area contributed by atoms with Gasteiger partial charge in [0.2, 0.25) is 0 Å². The molecule has 0 heterocycles. The van der Waals surface area contributed by atoms with Gasteiger partial charge < -0.3 is 0 Å². The van der Waals surface area contributed by atoms with E-state index in [1.807, 2.05) is 0 Å². The van der Waals surface area contributed by atoms with Crippen molar-refractivity contribution in [1.82, 2.24) is 0 Å². The fraction of sp³-hybridized carbons (Fsp3) is 0.165. The first-order chi connectivity index (χ1) is 38.2. The molecule has 15 rings (SSSR count). The molecule has 11 aromatic carbocycles. The van der Waals surface area contributed by atoms with Gasteiger partial charge in [0.05, 0.1) is 0 Å². The second-order valence-corrected chi connectivity index (χ2v) is 25.3. The Labute approximate surface area is 466 Å². The molecule has 0 atom stereocenters. The molecule has 0 unspecified atom stereocenters. The van der Waals surface area contributed by atoms with Crippen LogP contribution in [0.3, 0.4) is 0 Å². The Kier molecular flexibility index (Phi) is 10.4. The van der Waals surface area contributed by atoms with Crippen LogP contribution in [-0.4, -0.2) is 0 Å². The van der Waals surface area contributed by atoms with Crippen LogP contribution in [-0.2, 0) is 17.3 Å². The molecule has 0 saturated heterocycles. The zero-order chi connectivity index (χ0) is 53.7. The van der Waals surface area contributed by atoms with Gasteiger partial charge in [-0.15, -0.1) is 0 Å². The fourth-order valence-corrected chi connectivity index (χ4v) is 14.2.